The van der Waals surface area contributed by atoms with Gasteiger partial charge in [0.2, 0.25) is 17.8 Å². The number of nitrogens with one attached hydrogen (secondary N) is 2. The van der Waals surface area contributed by atoms with E-state index < -0.39 is 23.1 Å². The van der Waals surface area contributed by atoms with Gasteiger partial charge >= 0.3 is 0 Å². The molecule has 0 radical (unpaired) electrons. The lowest BCUT2D eigenvalue weighted by Crippen LogP contribution is -2.29. The minimum Gasteiger partial charge on any atom is -0.369 e. The zero-order chi connectivity index (χ0) is 23.7. The summed E-state index contributed by atoms with van der Waals surface area (Å²) in [7, 11) is 0. The second-order valence-corrected chi connectivity index (χ2v) is 8.44. The lowest BCUT2D eigenvalue weighted by atomic mass is 9.85. The van der Waals surface area contributed by atoms with Crippen molar-refractivity contribution in [2.75, 3.05) is 10.6 Å². The lowest BCUT2D eigenvalue weighted by molar-refractivity contribution is -0.122. The van der Waals surface area contributed by atoms with Gasteiger partial charge in [-0.25, -0.2) is 23.1 Å². The number of nitrogens with zero attached hydrogens (tertiary/aromatic N) is 4. The monoisotopic (exact) mass is 461 g/mol. The van der Waals surface area contributed by atoms with Crippen molar-refractivity contribution in [3.8, 4) is 0 Å². The van der Waals surface area contributed by atoms with E-state index in [2.05, 4.69) is 25.6 Å². The first-order valence-electron chi connectivity index (χ1n) is 11.0. The maximum atomic E-state index is 14.3. The van der Waals surface area contributed by atoms with Crippen molar-refractivity contribution >= 4 is 34.7 Å². The molecule has 1 aliphatic carbocycles. The molecule has 176 valence electrons. The third-order valence-corrected chi connectivity index (χ3v) is 6.13. The summed E-state index contributed by atoms with van der Waals surface area (Å²) in [6.45, 7) is 4.04. The second kappa shape index (κ2) is 9.24. The van der Waals surface area contributed by atoms with Gasteiger partial charge < -0.3 is 16.4 Å². The van der Waals surface area contributed by atoms with Crippen LogP contribution in [0.1, 0.15) is 52.0 Å². The van der Waals surface area contributed by atoms with Crippen LogP contribution < -0.4 is 16.4 Å². The number of hydrogen-bond donors (Lipinski definition) is 3. The van der Waals surface area contributed by atoms with Gasteiger partial charge in [0.05, 0.1) is 6.20 Å². The van der Waals surface area contributed by atoms with Crippen LogP contribution in [-0.2, 0) is 4.79 Å². The van der Waals surface area contributed by atoms with Crippen LogP contribution in [0.5, 0.6) is 0 Å². The van der Waals surface area contributed by atoms with E-state index in [1.165, 1.54) is 0 Å². The molecule has 4 N–H and O–H groups in total. The molecule has 1 unspecified atom stereocenters. The zero-order valence-electron chi connectivity index (χ0n) is 18.4. The maximum Gasteiger partial charge on any atom is 0.224 e. The molecule has 1 aliphatic rings. The predicted molar refractivity (Wildman–Crippen MR) is 118 cm³/mol. The van der Waals surface area contributed by atoms with Gasteiger partial charge in [-0.2, -0.15) is 4.98 Å². The Balaban J connectivity index is 1.77. The first-order chi connectivity index (χ1) is 15.8. The largest absolute Gasteiger partial charge is 0.369 e. The molecule has 1 saturated carbocycles. The molecule has 33 heavy (non-hydrogen) atoms. The van der Waals surface area contributed by atoms with Gasteiger partial charge in [0.15, 0.2) is 17.3 Å². The number of anilines is 3. The summed E-state index contributed by atoms with van der Waals surface area (Å²) in [5.41, 5.74) is 5.88. The van der Waals surface area contributed by atoms with Gasteiger partial charge in [-0.05, 0) is 39.0 Å². The van der Waals surface area contributed by atoms with E-state index in [0.29, 0.717) is 54.9 Å². The Labute approximate surface area is 188 Å². The molecule has 11 heteroatoms. The van der Waals surface area contributed by atoms with Crippen molar-refractivity contribution in [1.29, 1.82) is 0 Å². The second-order valence-electron chi connectivity index (χ2n) is 8.44. The van der Waals surface area contributed by atoms with Gasteiger partial charge in [-0.1, -0.05) is 6.92 Å². The molecule has 1 amide bonds. The molecule has 8 nitrogen and oxygen atoms in total. The quantitative estimate of drug-likeness (QED) is 0.481. The summed E-state index contributed by atoms with van der Waals surface area (Å²) < 4.78 is 43.8. The number of carbonyl (C=O) groups is 1. The van der Waals surface area contributed by atoms with Crippen LogP contribution in [0.25, 0.3) is 11.2 Å². The van der Waals surface area contributed by atoms with Gasteiger partial charge in [-0.3, -0.25) is 9.36 Å². The van der Waals surface area contributed by atoms with Crippen LogP contribution in [0, 0.1) is 23.4 Å². The number of imidazole rings is 1. The fraction of sp³-hybridized carbons (Fsp3) is 0.455. The summed E-state index contributed by atoms with van der Waals surface area (Å²) in [5, 5.41) is 5.90. The Morgan fingerprint density at radius 2 is 1.85 bits per heavy atom. The molecule has 0 saturated heterocycles. The molecule has 1 aromatic carbocycles. The highest BCUT2D eigenvalue weighted by atomic mass is 19.1. The molecule has 1 atom stereocenters. The topological polar surface area (TPSA) is 111 Å². The van der Waals surface area contributed by atoms with Gasteiger partial charge in [0.1, 0.15) is 17.0 Å². The highest BCUT2D eigenvalue weighted by molar-refractivity contribution is 5.78. The number of primary amides is 1. The fourth-order valence-electron chi connectivity index (χ4n) is 4.11. The number of carbonyl (C=O) groups excluding carboxylic acids is 1. The van der Waals surface area contributed by atoms with Gasteiger partial charge in [0.25, 0.3) is 0 Å². The highest BCUT2D eigenvalue weighted by Crippen LogP contribution is 2.37. The summed E-state index contributed by atoms with van der Waals surface area (Å²) in [6.07, 6.45) is 4.80. The SMILES string of the molecule is CCC(C)Nc1ncc2nc(Nc3c(F)cc(F)cc3F)n(C3CCC(C(N)=O)CC3)c2n1. The molecule has 3 aromatic rings. The molecule has 4 rings (SSSR count). The number of fused-ring (bicyclic) bond motifs is 1. The Morgan fingerprint density at radius 1 is 1.18 bits per heavy atom. The van der Waals surface area contributed by atoms with Crippen LogP contribution in [0.15, 0.2) is 18.3 Å². The Morgan fingerprint density at radius 3 is 2.45 bits per heavy atom. The summed E-state index contributed by atoms with van der Waals surface area (Å²) >= 11 is 0. The smallest absolute Gasteiger partial charge is 0.224 e. The molecule has 1 fully saturated rings. The highest BCUT2D eigenvalue weighted by Gasteiger charge is 2.29. The van der Waals surface area contributed by atoms with E-state index in [-0.39, 0.29) is 29.9 Å². The molecule has 2 aromatic heterocycles. The van der Waals surface area contributed by atoms with Crippen molar-refractivity contribution in [3.05, 3.63) is 35.8 Å². The first kappa shape index (κ1) is 22.8. The standard InChI is InChI=1S/C22H26F3N7O/c1-3-11(2)28-21-27-10-17-20(31-21)32(14-6-4-12(5-7-14)19(26)33)22(29-17)30-18-15(24)8-13(23)9-16(18)25/h8-12,14H,3-7H2,1-2H3,(H2,26,33)(H,29,30)(H,27,28,31). The van der Waals surface area contributed by atoms with Crippen molar-refractivity contribution in [2.45, 2.75) is 58.0 Å². The van der Waals surface area contributed by atoms with E-state index in [9.17, 15) is 18.0 Å². The van der Waals surface area contributed by atoms with E-state index >= 15 is 0 Å². The Hall–Kier alpha value is -3.37. The van der Waals surface area contributed by atoms with Crippen molar-refractivity contribution in [3.63, 3.8) is 0 Å². The van der Waals surface area contributed by atoms with Crippen LogP contribution in [0.2, 0.25) is 0 Å². The number of benzene rings is 1. The van der Waals surface area contributed by atoms with Crippen LogP contribution in [0.4, 0.5) is 30.8 Å². The number of halogens is 3. The Bertz CT molecular complexity index is 1150. The van der Waals surface area contributed by atoms with Gasteiger partial charge in [-0.15, -0.1) is 0 Å². The summed E-state index contributed by atoms with van der Waals surface area (Å²) in [5.74, 6) is -3.14. The number of rotatable bonds is 7. The average molecular weight is 461 g/mol. The minimum atomic E-state index is -1.08. The molecule has 0 aliphatic heterocycles. The van der Waals surface area contributed by atoms with Crippen molar-refractivity contribution in [2.24, 2.45) is 11.7 Å². The summed E-state index contributed by atoms with van der Waals surface area (Å²) in [6, 6.07) is 1.21. The third-order valence-electron chi connectivity index (χ3n) is 6.13. The number of amides is 1. The number of nitrogens with two attached hydrogens (primary N) is 1. The molecule has 2 heterocycles. The van der Waals surface area contributed by atoms with Crippen molar-refractivity contribution < 1.29 is 18.0 Å². The van der Waals surface area contributed by atoms with Crippen LogP contribution in [0.3, 0.4) is 0 Å². The summed E-state index contributed by atoms with van der Waals surface area (Å²) in [4.78, 5) is 25.0. The zero-order valence-corrected chi connectivity index (χ0v) is 18.4. The van der Waals surface area contributed by atoms with Crippen LogP contribution >= 0.6 is 0 Å². The molecular formula is C22H26F3N7O. The fourth-order valence-corrected chi connectivity index (χ4v) is 4.11. The minimum absolute atomic E-state index is 0.133. The Kier molecular flexibility index (Phi) is 6.39. The third kappa shape index (κ3) is 4.71. The first-order valence-corrected chi connectivity index (χ1v) is 11.0. The van der Waals surface area contributed by atoms with E-state index in [0.717, 1.165) is 6.42 Å². The van der Waals surface area contributed by atoms with E-state index in [1.807, 2.05) is 13.8 Å². The number of aromatic nitrogens is 4. The van der Waals surface area contributed by atoms with Crippen LogP contribution in [-0.4, -0.2) is 31.5 Å². The predicted octanol–water partition coefficient (Wildman–Crippen LogP) is 4.41. The van der Waals surface area contributed by atoms with E-state index in [4.69, 9.17) is 5.73 Å². The molecule has 0 bridgehead atoms. The average Bonchev–Trinajstić information content (AvgIpc) is 3.13. The molecule has 0 spiro atoms. The van der Waals surface area contributed by atoms with E-state index in [1.54, 1.807) is 10.8 Å². The lowest BCUT2D eigenvalue weighted by Gasteiger charge is -2.29. The maximum absolute atomic E-state index is 14.3. The van der Waals surface area contributed by atoms with Crippen molar-refractivity contribution in [1.82, 2.24) is 19.5 Å². The molecular weight excluding hydrogens is 435 g/mol. The number of hydrogen-bond acceptors (Lipinski definition) is 6. The normalized spacial score (nSPS) is 19.4. The van der Waals surface area contributed by atoms with Gasteiger partial charge in [0, 0.05) is 30.1 Å².